The van der Waals surface area contributed by atoms with E-state index in [2.05, 4.69) is 19.1 Å². The van der Waals surface area contributed by atoms with Crippen molar-refractivity contribution in [3.63, 3.8) is 0 Å². The van der Waals surface area contributed by atoms with Crippen molar-refractivity contribution in [3.05, 3.63) is 29.8 Å². The molecule has 1 aliphatic carbocycles. The molecular weight excluding hydrogens is 148 g/mol. The van der Waals surface area contributed by atoms with Crippen molar-refractivity contribution < 1.29 is 4.74 Å². The van der Waals surface area contributed by atoms with Gasteiger partial charge in [-0.25, -0.2) is 0 Å². The van der Waals surface area contributed by atoms with Crippen LogP contribution in [0.15, 0.2) is 24.3 Å². The zero-order valence-electron chi connectivity index (χ0n) is 7.42. The zero-order chi connectivity index (χ0) is 8.39. The number of benzene rings is 1. The van der Waals surface area contributed by atoms with Crippen LogP contribution in [0.25, 0.3) is 0 Å². The zero-order valence-corrected chi connectivity index (χ0v) is 7.42. The van der Waals surface area contributed by atoms with Crippen molar-refractivity contribution in [2.45, 2.75) is 32.3 Å². The van der Waals surface area contributed by atoms with Crippen molar-refractivity contribution in [2.24, 2.45) is 0 Å². The number of hydrogen-bond donors (Lipinski definition) is 0. The van der Waals surface area contributed by atoms with Crippen LogP contribution in [0, 0.1) is 6.92 Å². The minimum atomic E-state index is 0.492. The van der Waals surface area contributed by atoms with Gasteiger partial charge in [0.05, 0.1) is 6.10 Å². The molecule has 0 aliphatic heterocycles. The molecule has 1 nitrogen and oxygen atoms in total. The quantitative estimate of drug-likeness (QED) is 0.649. The standard InChI is InChI=1S/C11H14O/c1-9-4-2-7-11(8-9)12-10-5-3-6-10/h2,4,7-8,10H,3,5-6H2,1H3. The highest BCUT2D eigenvalue weighted by Crippen LogP contribution is 2.25. The summed E-state index contributed by atoms with van der Waals surface area (Å²) < 4.78 is 5.73. The summed E-state index contributed by atoms with van der Waals surface area (Å²) in [6.07, 6.45) is 4.28. The first-order valence-corrected chi connectivity index (χ1v) is 4.58. The van der Waals surface area contributed by atoms with Gasteiger partial charge in [0, 0.05) is 0 Å². The Bertz CT molecular complexity index is 263. The highest BCUT2D eigenvalue weighted by atomic mass is 16.5. The van der Waals surface area contributed by atoms with Gasteiger partial charge in [-0.15, -0.1) is 0 Å². The molecule has 1 saturated carbocycles. The molecule has 0 N–H and O–H groups in total. The van der Waals surface area contributed by atoms with Crippen molar-refractivity contribution in [3.8, 4) is 5.75 Å². The van der Waals surface area contributed by atoms with Crippen LogP contribution in [0.3, 0.4) is 0 Å². The number of hydrogen-bond acceptors (Lipinski definition) is 1. The smallest absolute Gasteiger partial charge is 0.119 e. The summed E-state index contributed by atoms with van der Waals surface area (Å²) in [5, 5.41) is 0. The summed E-state index contributed by atoms with van der Waals surface area (Å²) in [6, 6.07) is 8.26. The van der Waals surface area contributed by atoms with Gasteiger partial charge in [-0.05, 0) is 43.9 Å². The maximum absolute atomic E-state index is 5.73. The van der Waals surface area contributed by atoms with Gasteiger partial charge in [0.2, 0.25) is 0 Å². The monoisotopic (exact) mass is 162 g/mol. The molecule has 12 heavy (non-hydrogen) atoms. The Kier molecular flexibility index (Phi) is 2.03. The second-order valence-corrected chi connectivity index (χ2v) is 3.49. The molecule has 1 aliphatic rings. The van der Waals surface area contributed by atoms with Gasteiger partial charge in [-0.3, -0.25) is 0 Å². The molecule has 0 amide bonds. The van der Waals surface area contributed by atoms with E-state index in [0.717, 1.165) is 5.75 Å². The lowest BCUT2D eigenvalue weighted by atomic mass is 9.96. The predicted molar refractivity (Wildman–Crippen MR) is 49.4 cm³/mol. The van der Waals surface area contributed by atoms with Crippen LogP contribution < -0.4 is 4.74 Å². The van der Waals surface area contributed by atoms with Crippen LogP contribution in [0.1, 0.15) is 24.8 Å². The van der Waals surface area contributed by atoms with Gasteiger partial charge in [-0.1, -0.05) is 12.1 Å². The van der Waals surface area contributed by atoms with Crippen LogP contribution in [0.5, 0.6) is 5.75 Å². The van der Waals surface area contributed by atoms with E-state index in [1.807, 2.05) is 12.1 Å². The minimum absolute atomic E-state index is 0.492. The van der Waals surface area contributed by atoms with E-state index in [4.69, 9.17) is 4.74 Å². The minimum Gasteiger partial charge on any atom is -0.490 e. The molecule has 0 aromatic heterocycles. The molecule has 1 fully saturated rings. The summed E-state index contributed by atoms with van der Waals surface area (Å²) in [4.78, 5) is 0. The lowest BCUT2D eigenvalue weighted by Gasteiger charge is -2.26. The van der Waals surface area contributed by atoms with E-state index >= 15 is 0 Å². The lowest BCUT2D eigenvalue weighted by molar-refractivity contribution is 0.120. The van der Waals surface area contributed by atoms with Crippen molar-refractivity contribution >= 4 is 0 Å². The largest absolute Gasteiger partial charge is 0.490 e. The predicted octanol–water partition coefficient (Wildman–Crippen LogP) is 2.93. The van der Waals surface area contributed by atoms with Gasteiger partial charge >= 0.3 is 0 Å². The highest BCUT2D eigenvalue weighted by molar-refractivity contribution is 5.27. The molecule has 1 aromatic carbocycles. The Morgan fingerprint density at radius 3 is 2.75 bits per heavy atom. The molecule has 1 heteroatoms. The maximum atomic E-state index is 5.73. The van der Waals surface area contributed by atoms with Crippen molar-refractivity contribution in [2.75, 3.05) is 0 Å². The molecule has 0 heterocycles. The molecule has 1 aromatic rings. The van der Waals surface area contributed by atoms with E-state index in [-0.39, 0.29) is 0 Å². The first kappa shape index (κ1) is 7.66. The Hall–Kier alpha value is -0.980. The van der Waals surface area contributed by atoms with Gasteiger partial charge in [0.25, 0.3) is 0 Å². The van der Waals surface area contributed by atoms with E-state index in [1.54, 1.807) is 0 Å². The average molecular weight is 162 g/mol. The molecular formula is C11H14O. The van der Waals surface area contributed by atoms with E-state index in [1.165, 1.54) is 24.8 Å². The van der Waals surface area contributed by atoms with Gasteiger partial charge < -0.3 is 4.74 Å². The second kappa shape index (κ2) is 3.18. The summed E-state index contributed by atoms with van der Waals surface area (Å²) in [5.41, 5.74) is 1.27. The van der Waals surface area contributed by atoms with E-state index in [0.29, 0.717) is 6.10 Å². The first-order valence-electron chi connectivity index (χ1n) is 4.58. The molecule has 64 valence electrons. The fourth-order valence-electron chi connectivity index (χ4n) is 1.37. The summed E-state index contributed by atoms with van der Waals surface area (Å²) in [6.45, 7) is 2.09. The molecule has 0 spiro atoms. The fourth-order valence-corrected chi connectivity index (χ4v) is 1.37. The van der Waals surface area contributed by atoms with Gasteiger partial charge in [0.15, 0.2) is 0 Å². The number of ether oxygens (including phenoxy) is 1. The topological polar surface area (TPSA) is 9.23 Å². The number of aryl methyl sites for hydroxylation is 1. The van der Waals surface area contributed by atoms with E-state index in [9.17, 15) is 0 Å². The fraction of sp³-hybridized carbons (Fsp3) is 0.455. The normalized spacial score (nSPS) is 17.1. The van der Waals surface area contributed by atoms with Crippen LogP contribution in [0.4, 0.5) is 0 Å². The molecule has 0 radical (unpaired) electrons. The Morgan fingerprint density at radius 1 is 1.33 bits per heavy atom. The SMILES string of the molecule is Cc1cccc(OC2CCC2)c1. The van der Waals surface area contributed by atoms with E-state index < -0.39 is 0 Å². The van der Waals surface area contributed by atoms with Crippen LogP contribution in [-0.2, 0) is 0 Å². The third-order valence-electron chi connectivity index (χ3n) is 2.34. The highest BCUT2D eigenvalue weighted by Gasteiger charge is 2.18. The Balaban J connectivity index is 2.02. The average Bonchev–Trinajstić information content (AvgIpc) is 1.97. The molecule has 0 unspecified atom stereocenters. The van der Waals surface area contributed by atoms with Crippen LogP contribution >= 0.6 is 0 Å². The van der Waals surface area contributed by atoms with Gasteiger partial charge in [-0.2, -0.15) is 0 Å². The third-order valence-corrected chi connectivity index (χ3v) is 2.34. The van der Waals surface area contributed by atoms with Crippen LogP contribution in [0.2, 0.25) is 0 Å². The first-order chi connectivity index (χ1) is 5.84. The second-order valence-electron chi connectivity index (χ2n) is 3.49. The molecule has 2 rings (SSSR count). The van der Waals surface area contributed by atoms with Gasteiger partial charge in [0.1, 0.15) is 5.75 Å². The molecule has 0 atom stereocenters. The maximum Gasteiger partial charge on any atom is 0.119 e. The molecule has 0 saturated heterocycles. The molecule has 0 bridgehead atoms. The third kappa shape index (κ3) is 1.60. The summed E-state index contributed by atoms with van der Waals surface area (Å²) in [5.74, 6) is 1.03. The van der Waals surface area contributed by atoms with Crippen molar-refractivity contribution in [1.82, 2.24) is 0 Å². The van der Waals surface area contributed by atoms with Crippen molar-refractivity contribution in [1.29, 1.82) is 0 Å². The summed E-state index contributed by atoms with van der Waals surface area (Å²) in [7, 11) is 0. The Morgan fingerprint density at radius 2 is 2.17 bits per heavy atom. The summed E-state index contributed by atoms with van der Waals surface area (Å²) >= 11 is 0. The van der Waals surface area contributed by atoms with Crippen LogP contribution in [-0.4, -0.2) is 6.10 Å². The number of rotatable bonds is 2. The Labute approximate surface area is 73.4 Å². The lowest BCUT2D eigenvalue weighted by Crippen LogP contribution is -2.24.